The maximum Gasteiger partial charge on any atom is 0.338 e. The number of ether oxygens (including phenoxy) is 1. The number of carbonyl (C=O) groups excluding carboxylic acids is 1. The van der Waals surface area contributed by atoms with E-state index in [1.165, 1.54) is 0 Å². The molecule has 0 amide bonds. The zero-order chi connectivity index (χ0) is 15.5. The molecule has 110 valence electrons. The summed E-state index contributed by atoms with van der Waals surface area (Å²) in [5, 5.41) is 2.10. The van der Waals surface area contributed by atoms with Crippen molar-refractivity contribution < 1.29 is 9.53 Å². The van der Waals surface area contributed by atoms with Crippen molar-refractivity contribution in [3.8, 4) is 11.1 Å². The van der Waals surface area contributed by atoms with Crippen molar-refractivity contribution in [3.05, 3.63) is 70.7 Å². The molecule has 0 aliphatic carbocycles. The first kappa shape index (κ1) is 14.8. The summed E-state index contributed by atoms with van der Waals surface area (Å²) in [6.45, 7) is 2.18. The highest BCUT2D eigenvalue weighted by Crippen LogP contribution is 2.30. The van der Waals surface area contributed by atoms with Gasteiger partial charge < -0.3 is 4.74 Å². The molecule has 0 N–H and O–H groups in total. The van der Waals surface area contributed by atoms with E-state index in [-0.39, 0.29) is 5.97 Å². The molecule has 0 radical (unpaired) electrons. The predicted octanol–water partition coefficient (Wildman–Crippen LogP) is 5.45. The summed E-state index contributed by atoms with van der Waals surface area (Å²) in [7, 11) is 0. The largest absolute Gasteiger partial charge is 0.462 e. The molecule has 3 rings (SSSR count). The smallest absolute Gasteiger partial charge is 0.338 e. The van der Waals surface area contributed by atoms with Gasteiger partial charge in [0.15, 0.2) is 0 Å². The Labute approximate surface area is 137 Å². The van der Waals surface area contributed by atoms with Crippen LogP contribution in [0.5, 0.6) is 0 Å². The molecule has 0 fully saturated rings. The molecule has 0 saturated heterocycles. The van der Waals surface area contributed by atoms with Gasteiger partial charge in [-0.1, -0.05) is 52.3 Å². The van der Waals surface area contributed by atoms with E-state index in [4.69, 9.17) is 4.74 Å². The van der Waals surface area contributed by atoms with Crippen LogP contribution in [0.2, 0.25) is 0 Å². The lowest BCUT2D eigenvalue weighted by atomic mass is 9.95. The number of hydrogen-bond donors (Lipinski definition) is 0. The molecule has 2 nitrogen and oxygen atoms in total. The maximum absolute atomic E-state index is 12.3. The highest BCUT2D eigenvalue weighted by Gasteiger charge is 2.15. The van der Waals surface area contributed by atoms with E-state index in [0.717, 1.165) is 26.4 Å². The monoisotopic (exact) mass is 354 g/mol. The number of fused-ring (bicyclic) bond motifs is 1. The van der Waals surface area contributed by atoms with Crippen LogP contribution in [0.1, 0.15) is 17.3 Å². The molecule has 0 heterocycles. The molecule has 0 spiro atoms. The molecule has 0 aromatic heterocycles. The number of halogens is 1. The molecule has 0 atom stereocenters. The van der Waals surface area contributed by atoms with Crippen molar-refractivity contribution in [2.75, 3.05) is 6.61 Å². The van der Waals surface area contributed by atoms with Crippen molar-refractivity contribution in [2.45, 2.75) is 6.92 Å². The zero-order valence-corrected chi connectivity index (χ0v) is 13.8. The molecule has 3 aromatic carbocycles. The fraction of sp³-hybridized carbons (Fsp3) is 0.105. The van der Waals surface area contributed by atoms with Gasteiger partial charge in [0.05, 0.1) is 12.2 Å². The van der Waals surface area contributed by atoms with Crippen LogP contribution in [0.25, 0.3) is 21.9 Å². The number of carbonyl (C=O) groups is 1. The minimum Gasteiger partial charge on any atom is -0.462 e. The van der Waals surface area contributed by atoms with E-state index < -0.39 is 0 Å². The first-order valence-corrected chi connectivity index (χ1v) is 7.94. The van der Waals surface area contributed by atoms with E-state index in [0.29, 0.717) is 12.2 Å². The van der Waals surface area contributed by atoms with Crippen LogP contribution in [0.15, 0.2) is 65.1 Å². The van der Waals surface area contributed by atoms with Gasteiger partial charge in [-0.2, -0.15) is 0 Å². The van der Waals surface area contributed by atoms with Gasteiger partial charge in [0.1, 0.15) is 0 Å². The van der Waals surface area contributed by atoms with Crippen LogP contribution in [-0.2, 0) is 4.74 Å². The number of esters is 1. The van der Waals surface area contributed by atoms with Gasteiger partial charge in [-0.05, 0) is 53.1 Å². The minimum atomic E-state index is -0.289. The van der Waals surface area contributed by atoms with Crippen LogP contribution in [0, 0.1) is 0 Å². The highest BCUT2D eigenvalue weighted by atomic mass is 79.9. The van der Waals surface area contributed by atoms with E-state index in [1.807, 2.05) is 67.6 Å². The third kappa shape index (κ3) is 2.90. The van der Waals surface area contributed by atoms with Gasteiger partial charge >= 0.3 is 5.97 Å². The van der Waals surface area contributed by atoms with Crippen LogP contribution in [-0.4, -0.2) is 12.6 Å². The normalized spacial score (nSPS) is 10.6. The summed E-state index contributed by atoms with van der Waals surface area (Å²) >= 11 is 3.47. The van der Waals surface area contributed by atoms with Crippen molar-refractivity contribution >= 4 is 32.7 Å². The summed E-state index contributed by atoms with van der Waals surface area (Å²) in [5.41, 5.74) is 2.50. The van der Waals surface area contributed by atoms with E-state index >= 15 is 0 Å². The average Bonchev–Trinajstić information content (AvgIpc) is 2.54. The lowest BCUT2D eigenvalue weighted by Crippen LogP contribution is -2.06. The maximum atomic E-state index is 12.3. The van der Waals surface area contributed by atoms with Gasteiger partial charge in [-0.15, -0.1) is 0 Å². The summed E-state index contributed by atoms with van der Waals surface area (Å²) in [6, 6.07) is 19.9. The predicted molar refractivity (Wildman–Crippen MR) is 93.0 cm³/mol. The Hall–Kier alpha value is -2.13. The standard InChI is InChI=1S/C19H15BrO2/c1-2-22-19(21)18-12-15-10-16(20)9-8-14(15)11-17(18)13-6-4-3-5-7-13/h3-12H,2H2,1H3. The molecule has 0 aliphatic rings. The Balaban J connectivity index is 2.25. The fourth-order valence-corrected chi connectivity index (χ4v) is 2.88. The van der Waals surface area contributed by atoms with E-state index in [1.54, 1.807) is 0 Å². The SMILES string of the molecule is CCOC(=O)c1cc2cc(Br)ccc2cc1-c1ccccc1. The Morgan fingerprint density at radius 3 is 2.50 bits per heavy atom. The Kier molecular flexibility index (Phi) is 4.25. The molecular weight excluding hydrogens is 340 g/mol. The third-order valence-electron chi connectivity index (χ3n) is 3.52. The quantitative estimate of drug-likeness (QED) is 0.585. The molecular formula is C19H15BrO2. The van der Waals surface area contributed by atoms with Gasteiger partial charge in [0.2, 0.25) is 0 Å². The average molecular weight is 355 g/mol. The zero-order valence-electron chi connectivity index (χ0n) is 12.2. The van der Waals surface area contributed by atoms with Gasteiger partial charge in [0, 0.05) is 4.47 Å². The summed E-state index contributed by atoms with van der Waals surface area (Å²) in [4.78, 5) is 12.3. The minimum absolute atomic E-state index is 0.289. The number of hydrogen-bond acceptors (Lipinski definition) is 2. The summed E-state index contributed by atoms with van der Waals surface area (Å²) < 4.78 is 6.21. The molecule has 0 aliphatic heterocycles. The van der Waals surface area contributed by atoms with Crippen molar-refractivity contribution in [1.29, 1.82) is 0 Å². The summed E-state index contributed by atoms with van der Waals surface area (Å²) in [5.74, 6) is -0.289. The van der Waals surface area contributed by atoms with Crippen LogP contribution < -0.4 is 0 Å². The second-order valence-electron chi connectivity index (χ2n) is 4.98. The Bertz CT molecular complexity index is 825. The lowest BCUT2D eigenvalue weighted by molar-refractivity contribution is 0.0527. The molecule has 3 heteroatoms. The first-order chi connectivity index (χ1) is 10.7. The highest BCUT2D eigenvalue weighted by molar-refractivity contribution is 9.10. The first-order valence-electron chi connectivity index (χ1n) is 7.15. The lowest BCUT2D eigenvalue weighted by Gasteiger charge is -2.11. The Morgan fingerprint density at radius 1 is 1.00 bits per heavy atom. The van der Waals surface area contributed by atoms with E-state index in [9.17, 15) is 4.79 Å². The summed E-state index contributed by atoms with van der Waals surface area (Å²) in [6.07, 6.45) is 0. The fourth-order valence-electron chi connectivity index (χ4n) is 2.50. The third-order valence-corrected chi connectivity index (χ3v) is 4.01. The topological polar surface area (TPSA) is 26.3 Å². The van der Waals surface area contributed by atoms with Crippen LogP contribution in [0.4, 0.5) is 0 Å². The van der Waals surface area contributed by atoms with E-state index in [2.05, 4.69) is 15.9 Å². The van der Waals surface area contributed by atoms with Gasteiger partial charge in [-0.3, -0.25) is 0 Å². The second kappa shape index (κ2) is 6.32. The van der Waals surface area contributed by atoms with Crippen LogP contribution in [0.3, 0.4) is 0 Å². The van der Waals surface area contributed by atoms with Gasteiger partial charge in [-0.25, -0.2) is 4.79 Å². The Morgan fingerprint density at radius 2 is 1.77 bits per heavy atom. The van der Waals surface area contributed by atoms with Gasteiger partial charge in [0.25, 0.3) is 0 Å². The number of rotatable bonds is 3. The van der Waals surface area contributed by atoms with Crippen molar-refractivity contribution in [3.63, 3.8) is 0 Å². The molecule has 0 saturated carbocycles. The van der Waals surface area contributed by atoms with Crippen molar-refractivity contribution in [2.24, 2.45) is 0 Å². The van der Waals surface area contributed by atoms with Crippen LogP contribution >= 0.6 is 15.9 Å². The molecule has 0 bridgehead atoms. The van der Waals surface area contributed by atoms with Crippen molar-refractivity contribution in [1.82, 2.24) is 0 Å². The second-order valence-corrected chi connectivity index (χ2v) is 5.89. The molecule has 22 heavy (non-hydrogen) atoms. The molecule has 3 aromatic rings. The number of benzene rings is 3. The molecule has 0 unspecified atom stereocenters.